The molecular formula is C17H21NO5. The molecule has 6 nitrogen and oxygen atoms in total. The number of amides is 1. The number of rotatable bonds is 5. The average molecular weight is 319 g/mol. The van der Waals surface area contributed by atoms with E-state index in [0.29, 0.717) is 19.6 Å². The molecule has 23 heavy (non-hydrogen) atoms. The number of nitrogens with zero attached hydrogens (tertiary/aromatic N) is 1. The number of hydrogen-bond donors (Lipinski definition) is 1. The van der Waals surface area contributed by atoms with E-state index in [2.05, 4.69) is 0 Å². The van der Waals surface area contributed by atoms with E-state index in [-0.39, 0.29) is 18.6 Å². The van der Waals surface area contributed by atoms with Gasteiger partial charge in [0, 0.05) is 19.6 Å². The molecule has 1 N–H and O–H groups in total. The Hall–Kier alpha value is -1.92. The third kappa shape index (κ3) is 3.71. The maximum atomic E-state index is 12.4. The van der Waals surface area contributed by atoms with E-state index in [9.17, 15) is 14.7 Å². The van der Waals surface area contributed by atoms with Gasteiger partial charge in [-0.3, -0.25) is 4.79 Å². The minimum Gasteiger partial charge on any atom is -0.480 e. The largest absolute Gasteiger partial charge is 0.480 e. The number of hydrogen-bond acceptors (Lipinski definition) is 4. The number of carboxylic acids is 1. The van der Waals surface area contributed by atoms with Crippen molar-refractivity contribution in [1.82, 2.24) is 4.90 Å². The van der Waals surface area contributed by atoms with Crippen LogP contribution in [-0.4, -0.2) is 53.8 Å². The van der Waals surface area contributed by atoms with Gasteiger partial charge in [-0.15, -0.1) is 0 Å². The molecule has 1 aromatic rings. The second kappa shape index (κ2) is 7.10. The summed E-state index contributed by atoms with van der Waals surface area (Å²) in [5.74, 6) is -1.27. The summed E-state index contributed by atoms with van der Waals surface area (Å²) in [5, 5.41) is 9.43. The molecule has 2 aliphatic heterocycles. The van der Waals surface area contributed by atoms with Crippen molar-refractivity contribution in [1.29, 1.82) is 0 Å². The van der Waals surface area contributed by atoms with E-state index in [4.69, 9.17) is 9.47 Å². The van der Waals surface area contributed by atoms with Crippen molar-refractivity contribution in [3.8, 4) is 0 Å². The minimum absolute atomic E-state index is 0.0557. The van der Waals surface area contributed by atoms with Crippen LogP contribution in [0.4, 0.5) is 0 Å². The van der Waals surface area contributed by atoms with Crippen molar-refractivity contribution in [2.45, 2.75) is 38.0 Å². The first-order valence-corrected chi connectivity index (χ1v) is 7.93. The van der Waals surface area contributed by atoms with Gasteiger partial charge in [-0.1, -0.05) is 24.3 Å². The number of carbonyl (C=O) groups excluding carboxylic acids is 1. The van der Waals surface area contributed by atoms with Crippen molar-refractivity contribution in [2.24, 2.45) is 0 Å². The van der Waals surface area contributed by atoms with Gasteiger partial charge in [0.25, 0.3) is 0 Å². The molecule has 2 atom stereocenters. The van der Waals surface area contributed by atoms with E-state index < -0.39 is 12.0 Å². The SMILES string of the molecule is O=C(O)[C@H]1Cc2ccccc2CN1C(=O)COC[C@H]1CCCO1. The van der Waals surface area contributed by atoms with Crippen molar-refractivity contribution >= 4 is 11.9 Å². The molecule has 2 heterocycles. The fourth-order valence-electron chi connectivity index (χ4n) is 3.14. The molecule has 0 unspecified atom stereocenters. The lowest BCUT2D eigenvalue weighted by atomic mass is 9.94. The Kier molecular flexibility index (Phi) is 4.93. The second-order valence-corrected chi connectivity index (χ2v) is 6.00. The molecule has 0 aliphatic carbocycles. The molecule has 1 aromatic carbocycles. The molecule has 3 rings (SSSR count). The van der Waals surface area contributed by atoms with E-state index in [0.717, 1.165) is 30.6 Å². The quantitative estimate of drug-likeness (QED) is 0.883. The van der Waals surface area contributed by atoms with E-state index in [1.54, 1.807) is 0 Å². The summed E-state index contributed by atoms with van der Waals surface area (Å²) < 4.78 is 10.9. The maximum absolute atomic E-state index is 12.4. The van der Waals surface area contributed by atoms with Gasteiger partial charge in [-0.25, -0.2) is 4.79 Å². The highest BCUT2D eigenvalue weighted by molar-refractivity contribution is 5.85. The Morgan fingerprint density at radius 2 is 2.09 bits per heavy atom. The Labute approximate surface area is 135 Å². The average Bonchev–Trinajstić information content (AvgIpc) is 3.06. The van der Waals surface area contributed by atoms with E-state index in [1.165, 1.54) is 4.90 Å². The van der Waals surface area contributed by atoms with Gasteiger partial charge in [-0.05, 0) is 24.0 Å². The molecule has 0 aromatic heterocycles. The summed E-state index contributed by atoms with van der Waals surface area (Å²) in [4.78, 5) is 25.3. The summed E-state index contributed by atoms with van der Waals surface area (Å²) in [5.41, 5.74) is 1.99. The number of carboxylic acid groups (broad SMARTS) is 1. The maximum Gasteiger partial charge on any atom is 0.326 e. The highest BCUT2D eigenvalue weighted by Gasteiger charge is 2.34. The molecular weight excluding hydrogens is 298 g/mol. The van der Waals surface area contributed by atoms with E-state index >= 15 is 0 Å². The lowest BCUT2D eigenvalue weighted by Gasteiger charge is -2.34. The number of benzene rings is 1. The van der Waals surface area contributed by atoms with Crippen LogP contribution in [0.5, 0.6) is 0 Å². The highest BCUT2D eigenvalue weighted by Crippen LogP contribution is 2.23. The van der Waals surface area contributed by atoms with Crippen molar-refractivity contribution in [2.75, 3.05) is 19.8 Å². The van der Waals surface area contributed by atoms with Gasteiger partial charge in [0.05, 0.1) is 12.7 Å². The van der Waals surface area contributed by atoms with Crippen LogP contribution in [0.3, 0.4) is 0 Å². The molecule has 0 bridgehead atoms. The van der Waals surface area contributed by atoms with Crippen LogP contribution >= 0.6 is 0 Å². The second-order valence-electron chi connectivity index (χ2n) is 6.00. The van der Waals surface area contributed by atoms with Crippen LogP contribution in [-0.2, 0) is 32.0 Å². The number of carbonyl (C=O) groups is 2. The molecule has 0 radical (unpaired) electrons. The Bertz CT molecular complexity index is 582. The smallest absolute Gasteiger partial charge is 0.326 e. The first-order valence-electron chi connectivity index (χ1n) is 7.93. The zero-order valence-electron chi connectivity index (χ0n) is 12.9. The lowest BCUT2D eigenvalue weighted by molar-refractivity contribution is -0.154. The Balaban J connectivity index is 1.61. The van der Waals surface area contributed by atoms with Gasteiger partial charge in [0.15, 0.2) is 0 Å². The van der Waals surface area contributed by atoms with Crippen LogP contribution in [0.25, 0.3) is 0 Å². The van der Waals surface area contributed by atoms with Crippen LogP contribution in [0.15, 0.2) is 24.3 Å². The van der Waals surface area contributed by atoms with Gasteiger partial charge in [0.2, 0.25) is 5.91 Å². The summed E-state index contributed by atoms with van der Waals surface area (Å²) in [6, 6.07) is 6.81. The lowest BCUT2D eigenvalue weighted by Crippen LogP contribution is -2.50. The first-order chi connectivity index (χ1) is 11.1. The third-order valence-corrected chi connectivity index (χ3v) is 4.41. The summed E-state index contributed by atoms with van der Waals surface area (Å²) in [6.07, 6.45) is 2.36. The highest BCUT2D eigenvalue weighted by atomic mass is 16.5. The van der Waals surface area contributed by atoms with Crippen molar-refractivity contribution < 1.29 is 24.2 Å². The molecule has 0 spiro atoms. The molecule has 1 fully saturated rings. The summed E-state index contributed by atoms with van der Waals surface area (Å²) in [6.45, 7) is 1.33. The zero-order chi connectivity index (χ0) is 16.2. The third-order valence-electron chi connectivity index (χ3n) is 4.41. The molecule has 1 amide bonds. The van der Waals surface area contributed by atoms with Crippen molar-refractivity contribution in [3.05, 3.63) is 35.4 Å². The topological polar surface area (TPSA) is 76.1 Å². The summed E-state index contributed by atoms with van der Waals surface area (Å²) in [7, 11) is 0. The monoisotopic (exact) mass is 319 g/mol. The number of aliphatic carboxylic acids is 1. The van der Waals surface area contributed by atoms with Crippen molar-refractivity contribution in [3.63, 3.8) is 0 Å². The normalized spacial score (nSPS) is 23.6. The Morgan fingerprint density at radius 3 is 2.78 bits per heavy atom. The zero-order valence-corrected chi connectivity index (χ0v) is 12.9. The minimum atomic E-state index is -0.980. The fourth-order valence-corrected chi connectivity index (χ4v) is 3.14. The molecule has 0 saturated carbocycles. The predicted molar refractivity (Wildman–Crippen MR) is 81.9 cm³/mol. The van der Waals surface area contributed by atoms with Gasteiger partial charge in [-0.2, -0.15) is 0 Å². The van der Waals surface area contributed by atoms with E-state index in [1.807, 2.05) is 24.3 Å². The number of ether oxygens (including phenoxy) is 2. The van der Waals surface area contributed by atoms with Crippen LogP contribution in [0.1, 0.15) is 24.0 Å². The Morgan fingerprint density at radius 1 is 1.30 bits per heavy atom. The van der Waals surface area contributed by atoms with Crippen LogP contribution < -0.4 is 0 Å². The van der Waals surface area contributed by atoms with Gasteiger partial charge >= 0.3 is 5.97 Å². The predicted octanol–water partition coefficient (Wildman–Crippen LogP) is 1.22. The standard InChI is InChI=1S/C17H21NO5/c19-16(11-22-10-14-6-3-7-23-14)18-9-13-5-2-1-4-12(13)8-15(18)17(20)21/h1-2,4-5,14-15H,3,6-11H2,(H,20,21)/t14-,15-/m1/s1. The molecule has 6 heteroatoms. The number of fused-ring (bicyclic) bond motifs is 1. The van der Waals surface area contributed by atoms with Crippen LogP contribution in [0, 0.1) is 0 Å². The fraction of sp³-hybridized carbons (Fsp3) is 0.529. The van der Waals surface area contributed by atoms with Gasteiger partial charge in [0.1, 0.15) is 12.6 Å². The molecule has 124 valence electrons. The molecule has 1 saturated heterocycles. The summed E-state index contributed by atoms with van der Waals surface area (Å²) >= 11 is 0. The molecule has 2 aliphatic rings. The first kappa shape index (κ1) is 16.0. The van der Waals surface area contributed by atoms with Crippen LogP contribution in [0.2, 0.25) is 0 Å². The van der Waals surface area contributed by atoms with Gasteiger partial charge < -0.3 is 19.5 Å².